The van der Waals surface area contributed by atoms with Crippen LogP contribution in [0.3, 0.4) is 0 Å². The number of amides is 1. The first-order valence-electron chi connectivity index (χ1n) is 6.73. The summed E-state index contributed by atoms with van der Waals surface area (Å²) in [5.41, 5.74) is 5.33. The second kappa shape index (κ2) is 6.73. The summed E-state index contributed by atoms with van der Waals surface area (Å²) in [6.45, 7) is 2.06. The van der Waals surface area contributed by atoms with Gasteiger partial charge in [-0.1, -0.05) is 25.7 Å². The van der Waals surface area contributed by atoms with E-state index >= 15 is 0 Å². The predicted octanol–water partition coefficient (Wildman–Crippen LogP) is 1.27. The third-order valence-electron chi connectivity index (χ3n) is 3.79. The van der Waals surface area contributed by atoms with Crippen molar-refractivity contribution >= 4 is 11.9 Å². The summed E-state index contributed by atoms with van der Waals surface area (Å²) < 4.78 is 0. The fourth-order valence-corrected chi connectivity index (χ4v) is 2.62. The third kappa shape index (κ3) is 3.98. The summed E-state index contributed by atoms with van der Waals surface area (Å²) in [6.07, 6.45) is 5.94. The van der Waals surface area contributed by atoms with Crippen molar-refractivity contribution < 1.29 is 14.7 Å². The number of carboxylic acid groups (broad SMARTS) is 1. The molecule has 0 aromatic rings. The Morgan fingerprint density at radius 3 is 2.28 bits per heavy atom. The number of carbonyl (C=O) groups excluding carboxylic acids is 1. The number of hydrogen-bond acceptors (Lipinski definition) is 3. The summed E-state index contributed by atoms with van der Waals surface area (Å²) in [6, 6.07) is -0.346. The van der Waals surface area contributed by atoms with Gasteiger partial charge in [0.1, 0.15) is 0 Å². The van der Waals surface area contributed by atoms with E-state index in [1.807, 2.05) is 0 Å². The van der Waals surface area contributed by atoms with Crippen LogP contribution in [0.2, 0.25) is 0 Å². The van der Waals surface area contributed by atoms with Crippen LogP contribution in [0, 0.1) is 5.41 Å². The van der Waals surface area contributed by atoms with Crippen molar-refractivity contribution in [2.24, 2.45) is 11.1 Å². The molecule has 0 saturated heterocycles. The number of carboxylic acids is 1. The minimum absolute atomic E-state index is 0.0492. The zero-order valence-corrected chi connectivity index (χ0v) is 11.1. The Kier molecular flexibility index (Phi) is 5.59. The molecule has 0 radical (unpaired) electrons. The molecule has 1 aliphatic carbocycles. The highest BCUT2D eigenvalue weighted by molar-refractivity contribution is 5.83. The van der Waals surface area contributed by atoms with Gasteiger partial charge in [-0.3, -0.25) is 9.59 Å². The molecule has 0 heterocycles. The van der Waals surface area contributed by atoms with Crippen LogP contribution in [0.1, 0.15) is 51.9 Å². The predicted molar refractivity (Wildman–Crippen MR) is 69.0 cm³/mol. The monoisotopic (exact) mass is 256 g/mol. The van der Waals surface area contributed by atoms with Crippen LogP contribution >= 0.6 is 0 Å². The van der Waals surface area contributed by atoms with Crippen molar-refractivity contribution in [3.63, 3.8) is 0 Å². The van der Waals surface area contributed by atoms with Gasteiger partial charge >= 0.3 is 5.97 Å². The van der Waals surface area contributed by atoms with Crippen molar-refractivity contribution in [2.75, 3.05) is 6.54 Å². The molecule has 0 bridgehead atoms. The maximum Gasteiger partial charge on any atom is 0.305 e. The van der Waals surface area contributed by atoms with Crippen LogP contribution < -0.4 is 11.1 Å². The van der Waals surface area contributed by atoms with Crippen molar-refractivity contribution in [3.8, 4) is 0 Å². The zero-order valence-electron chi connectivity index (χ0n) is 11.1. The van der Waals surface area contributed by atoms with E-state index in [2.05, 4.69) is 5.32 Å². The van der Waals surface area contributed by atoms with Gasteiger partial charge in [-0.25, -0.2) is 0 Å². The normalized spacial score (nSPS) is 20.8. The first-order chi connectivity index (χ1) is 8.50. The van der Waals surface area contributed by atoms with E-state index in [-0.39, 0.29) is 18.4 Å². The van der Waals surface area contributed by atoms with E-state index in [4.69, 9.17) is 10.8 Å². The molecule has 1 aliphatic rings. The second-order valence-corrected chi connectivity index (χ2v) is 5.37. The molecule has 1 rings (SSSR count). The van der Waals surface area contributed by atoms with Crippen molar-refractivity contribution in [3.05, 3.63) is 0 Å². The molecule has 18 heavy (non-hydrogen) atoms. The molecule has 1 saturated carbocycles. The first-order valence-corrected chi connectivity index (χ1v) is 6.73. The minimum atomic E-state index is -0.898. The molecule has 4 N–H and O–H groups in total. The molecule has 5 nitrogen and oxygen atoms in total. The molecule has 0 aromatic carbocycles. The Morgan fingerprint density at radius 2 is 1.83 bits per heavy atom. The molecule has 0 aliphatic heterocycles. The SMILES string of the molecule is CC(CC(=O)O)NC(=O)C1(CN)CCCCCC1. The van der Waals surface area contributed by atoms with Crippen molar-refractivity contribution in [2.45, 2.75) is 57.9 Å². The van der Waals surface area contributed by atoms with Gasteiger partial charge in [0.05, 0.1) is 11.8 Å². The molecular formula is C13H24N2O3. The highest BCUT2D eigenvalue weighted by atomic mass is 16.4. The number of nitrogens with two attached hydrogens (primary N) is 1. The molecule has 5 heteroatoms. The second-order valence-electron chi connectivity index (χ2n) is 5.37. The Balaban J connectivity index is 2.62. The van der Waals surface area contributed by atoms with Gasteiger partial charge < -0.3 is 16.2 Å². The molecule has 0 spiro atoms. The van der Waals surface area contributed by atoms with Gasteiger partial charge in [0.2, 0.25) is 5.91 Å². The molecule has 1 amide bonds. The number of carbonyl (C=O) groups is 2. The van der Waals surface area contributed by atoms with E-state index in [9.17, 15) is 9.59 Å². The Bertz CT molecular complexity index is 297. The molecule has 0 aromatic heterocycles. The highest BCUT2D eigenvalue weighted by Crippen LogP contribution is 2.34. The van der Waals surface area contributed by atoms with E-state index in [0.29, 0.717) is 6.54 Å². The summed E-state index contributed by atoms with van der Waals surface area (Å²) in [5.74, 6) is -0.967. The topological polar surface area (TPSA) is 92.4 Å². The molecular weight excluding hydrogens is 232 g/mol. The van der Waals surface area contributed by atoms with Crippen LogP contribution in [-0.2, 0) is 9.59 Å². The lowest BCUT2D eigenvalue weighted by Gasteiger charge is -2.31. The standard InChI is InChI=1S/C13H24N2O3/c1-10(8-11(16)17)15-12(18)13(9-14)6-4-2-3-5-7-13/h10H,2-9,14H2,1H3,(H,15,18)(H,16,17). The van der Waals surface area contributed by atoms with Gasteiger partial charge in [0, 0.05) is 12.6 Å². The smallest absolute Gasteiger partial charge is 0.305 e. The first kappa shape index (κ1) is 15.0. The van der Waals surface area contributed by atoms with E-state index < -0.39 is 11.4 Å². The fourth-order valence-electron chi connectivity index (χ4n) is 2.62. The molecule has 1 unspecified atom stereocenters. The quantitative estimate of drug-likeness (QED) is 0.646. The number of rotatable bonds is 5. The number of nitrogens with one attached hydrogen (secondary N) is 1. The number of hydrogen-bond donors (Lipinski definition) is 3. The van der Waals surface area contributed by atoms with Gasteiger partial charge in [-0.05, 0) is 19.8 Å². The zero-order chi connectivity index (χ0) is 13.6. The summed E-state index contributed by atoms with van der Waals surface area (Å²) in [5, 5.41) is 11.5. The summed E-state index contributed by atoms with van der Waals surface area (Å²) in [4.78, 5) is 22.9. The Morgan fingerprint density at radius 1 is 1.28 bits per heavy atom. The van der Waals surface area contributed by atoms with Gasteiger partial charge in [-0.2, -0.15) is 0 Å². The van der Waals surface area contributed by atoms with E-state index in [1.165, 1.54) is 0 Å². The largest absolute Gasteiger partial charge is 0.481 e. The molecule has 1 atom stereocenters. The third-order valence-corrected chi connectivity index (χ3v) is 3.79. The van der Waals surface area contributed by atoms with Crippen LogP contribution in [0.15, 0.2) is 0 Å². The minimum Gasteiger partial charge on any atom is -0.481 e. The average Bonchev–Trinajstić information content (AvgIpc) is 2.53. The van der Waals surface area contributed by atoms with Crippen molar-refractivity contribution in [1.29, 1.82) is 0 Å². The van der Waals surface area contributed by atoms with Gasteiger partial charge in [-0.15, -0.1) is 0 Å². The lowest BCUT2D eigenvalue weighted by atomic mass is 9.79. The Labute approximate surface area is 108 Å². The summed E-state index contributed by atoms with van der Waals surface area (Å²) >= 11 is 0. The maximum absolute atomic E-state index is 12.3. The summed E-state index contributed by atoms with van der Waals surface area (Å²) in [7, 11) is 0. The lowest BCUT2D eigenvalue weighted by molar-refractivity contribution is -0.138. The lowest BCUT2D eigenvalue weighted by Crippen LogP contribution is -2.48. The fraction of sp³-hybridized carbons (Fsp3) is 0.846. The highest BCUT2D eigenvalue weighted by Gasteiger charge is 2.37. The van der Waals surface area contributed by atoms with Gasteiger partial charge in [0.25, 0.3) is 0 Å². The van der Waals surface area contributed by atoms with E-state index in [0.717, 1.165) is 38.5 Å². The number of aliphatic carboxylic acids is 1. The van der Waals surface area contributed by atoms with Crippen LogP contribution in [0.4, 0.5) is 0 Å². The van der Waals surface area contributed by atoms with Crippen LogP contribution in [0.25, 0.3) is 0 Å². The maximum atomic E-state index is 12.3. The molecule has 104 valence electrons. The van der Waals surface area contributed by atoms with E-state index in [1.54, 1.807) is 6.92 Å². The van der Waals surface area contributed by atoms with Gasteiger partial charge in [0.15, 0.2) is 0 Å². The van der Waals surface area contributed by atoms with Crippen LogP contribution in [0.5, 0.6) is 0 Å². The molecule has 1 fully saturated rings. The Hall–Kier alpha value is -1.10. The van der Waals surface area contributed by atoms with Crippen molar-refractivity contribution in [1.82, 2.24) is 5.32 Å². The average molecular weight is 256 g/mol. The van der Waals surface area contributed by atoms with Crippen LogP contribution in [-0.4, -0.2) is 29.6 Å².